The number of para-hydroxylation sites is 2. The van der Waals surface area contributed by atoms with Crippen LogP contribution in [-0.4, -0.2) is 78.4 Å². The van der Waals surface area contributed by atoms with Crippen molar-refractivity contribution in [1.29, 1.82) is 0 Å². The zero-order chi connectivity index (χ0) is 29.4. The molecule has 2 aliphatic rings. The Bertz CT molecular complexity index is 1580. The van der Waals surface area contributed by atoms with Crippen LogP contribution >= 0.6 is 0 Å². The first-order valence-corrected chi connectivity index (χ1v) is 14.7. The Balaban J connectivity index is 1.13. The summed E-state index contributed by atoms with van der Waals surface area (Å²) in [7, 11) is -4.17. The molecule has 0 saturated carbocycles. The minimum absolute atomic E-state index is 0.0225. The van der Waals surface area contributed by atoms with Crippen molar-refractivity contribution in [2.24, 2.45) is 5.16 Å². The van der Waals surface area contributed by atoms with Gasteiger partial charge in [-0.2, -0.15) is 4.72 Å². The summed E-state index contributed by atoms with van der Waals surface area (Å²) in [6.07, 6.45) is 0.825. The minimum Gasteiger partial charge on any atom is -0.480 e. The molecule has 2 aromatic carbocycles. The quantitative estimate of drug-likeness (QED) is 0.205. The largest absolute Gasteiger partial charge is 0.480 e. The number of carboxylic acids is 1. The molecule has 14 heteroatoms. The predicted molar refractivity (Wildman–Crippen MR) is 152 cm³/mol. The van der Waals surface area contributed by atoms with Crippen LogP contribution in [0.5, 0.6) is 0 Å². The maximum absolute atomic E-state index is 13.0. The van der Waals surface area contributed by atoms with Crippen molar-refractivity contribution < 1.29 is 28.0 Å². The molecule has 0 radical (unpaired) electrons. The van der Waals surface area contributed by atoms with E-state index in [1.165, 1.54) is 0 Å². The fourth-order valence-electron chi connectivity index (χ4n) is 5.49. The first-order chi connectivity index (χ1) is 19.4. The van der Waals surface area contributed by atoms with Crippen LogP contribution < -0.4 is 20.7 Å². The van der Waals surface area contributed by atoms with Gasteiger partial charge in [-0.1, -0.05) is 35.0 Å². The Morgan fingerprint density at radius 3 is 2.63 bits per heavy atom. The van der Waals surface area contributed by atoms with Gasteiger partial charge in [0.2, 0.25) is 16.0 Å². The highest BCUT2D eigenvalue weighted by molar-refractivity contribution is 7.89. The number of carbonyl (C=O) groups is 2. The Labute approximate surface area is 237 Å². The van der Waals surface area contributed by atoms with Crippen LogP contribution in [0.3, 0.4) is 0 Å². The first kappa shape index (κ1) is 28.5. The van der Waals surface area contributed by atoms with Crippen LogP contribution in [0.1, 0.15) is 29.5 Å². The van der Waals surface area contributed by atoms with Gasteiger partial charge in [-0.05, 0) is 44.0 Å². The third-order valence-electron chi connectivity index (χ3n) is 7.27. The Morgan fingerprint density at radius 2 is 1.93 bits per heavy atom. The molecule has 218 valence electrons. The molecule has 2 aliphatic heterocycles. The third kappa shape index (κ3) is 6.19. The van der Waals surface area contributed by atoms with Gasteiger partial charge in [0.05, 0.1) is 15.9 Å². The normalized spacial score (nSPS) is 21.0. The van der Waals surface area contributed by atoms with E-state index in [0.29, 0.717) is 36.6 Å². The van der Waals surface area contributed by atoms with Crippen molar-refractivity contribution in [1.82, 2.24) is 25.3 Å². The molecule has 3 atom stereocenters. The first-order valence-electron chi connectivity index (χ1n) is 13.2. The van der Waals surface area contributed by atoms with E-state index in [1.54, 1.807) is 26.0 Å². The zero-order valence-electron chi connectivity index (χ0n) is 22.9. The number of imidazole rings is 1. The Hall–Kier alpha value is -4.01. The van der Waals surface area contributed by atoms with Gasteiger partial charge >= 0.3 is 5.97 Å². The molecule has 1 fully saturated rings. The van der Waals surface area contributed by atoms with Gasteiger partial charge in [0, 0.05) is 38.5 Å². The molecule has 5 rings (SSSR count). The molecule has 6 N–H and O–H groups in total. The number of carboxylic acid groups (broad SMARTS) is 1. The van der Waals surface area contributed by atoms with Crippen LogP contribution in [0.2, 0.25) is 0 Å². The number of benzene rings is 2. The van der Waals surface area contributed by atoms with E-state index in [0.717, 1.165) is 16.6 Å². The summed E-state index contributed by atoms with van der Waals surface area (Å²) in [4.78, 5) is 38.1. The van der Waals surface area contributed by atoms with E-state index < -0.39 is 40.1 Å². The minimum atomic E-state index is -4.17. The molecule has 3 heterocycles. The lowest BCUT2D eigenvalue weighted by atomic mass is 9.94. The van der Waals surface area contributed by atoms with Gasteiger partial charge < -0.3 is 30.9 Å². The molecule has 0 aliphatic carbocycles. The van der Waals surface area contributed by atoms with Gasteiger partial charge in [-0.15, -0.1) is 0 Å². The Morgan fingerprint density at radius 1 is 1.20 bits per heavy atom. The number of nitrogens with zero attached hydrogens (tertiary/aromatic N) is 2. The molecule has 1 amide bonds. The highest BCUT2D eigenvalue weighted by Gasteiger charge is 2.47. The second kappa shape index (κ2) is 11.1. The number of hydrogen-bond donors (Lipinski definition) is 6. The van der Waals surface area contributed by atoms with E-state index in [-0.39, 0.29) is 23.1 Å². The van der Waals surface area contributed by atoms with Crippen LogP contribution in [-0.2, 0) is 24.4 Å². The number of hydrogen-bond acceptors (Lipinski definition) is 9. The van der Waals surface area contributed by atoms with Crippen molar-refractivity contribution in [3.05, 3.63) is 53.1 Å². The molecular formula is C27H33N7O6S. The molecule has 1 spiro atoms. The van der Waals surface area contributed by atoms with Crippen molar-refractivity contribution in [3.8, 4) is 0 Å². The Kier molecular flexibility index (Phi) is 7.72. The lowest BCUT2D eigenvalue weighted by molar-refractivity contribution is -0.138. The molecule has 13 nitrogen and oxygen atoms in total. The third-order valence-corrected chi connectivity index (χ3v) is 9.05. The number of sulfonamides is 1. The number of H-pyrrole nitrogens is 1. The number of carbonyl (C=O) groups excluding carboxylic acids is 1. The molecule has 1 aromatic heterocycles. The van der Waals surface area contributed by atoms with Gasteiger partial charge in [0.25, 0.3) is 5.91 Å². The highest BCUT2D eigenvalue weighted by atomic mass is 32.2. The van der Waals surface area contributed by atoms with Crippen LogP contribution in [0.4, 0.5) is 5.95 Å². The standard InChI is InChI=1S/C27H33N7O6S/c1-15-8-16(2)23(17(3)9-15)41(38,39)34-22(25(36)37)13-28-24(35)21-11-27(40-33-21)10-18(30-14-27)12-29-26-31-19-6-4-5-7-20(19)32-26/h4-9,18,22,30,34H,10-14H2,1-3H3,(H,28,35)(H,36,37)(H2,29,31,32)/t18?,22?,27-/m0/s1. The predicted octanol–water partition coefficient (Wildman–Crippen LogP) is 1.32. The number of fused-ring (bicyclic) bond motifs is 1. The number of anilines is 1. The van der Waals surface area contributed by atoms with E-state index in [2.05, 4.69) is 35.8 Å². The number of aliphatic carboxylic acids is 1. The lowest BCUT2D eigenvalue weighted by Gasteiger charge is -2.19. The van der Waals surface area contributed by atoms with Gasteiger partial charge in [0.1, 0.15) is 11.8 Å². The average Bonchev–Trinajstić information content (AvgIpc) is 3.62. The zero-order valence-corrected chi connectivity index (χ0v) is 23.8. The van der Waals surface area contributed by atoms with Crippen LogP contribution in [0.25, 0.3) is 11.0 Å². The van der Waals surface area contributed by atoms with Crippen LogP contribution in [0.15, 0.2) is 46.4 Å². The summed E-state index contributed by atoms with van der Waals surface area (Å²) in [6.45, 7) is 5.74. The summed E-state index contributed by atoms with van der Waals surface area (Å²) in [6, 6.07) is 9.62. The highest BCUT2D eigenvalue weighted by Crippen LogP contribution is 2.33. The SMILES string of the molecule is Cc1cc(C)c(S(=O)(=O)NC(CNC(=O)C2=NO[C@]3(CNC(CNc4nc5ccccc5[nH]4)C3)C2)C(=O)O)c(C)c1. The van der Waals surface area contributed by atoms with E-state index in [9.17, 15) is 23.1 Å². The van der Waals surface area contributed by atoms with E-state index in [4.69, 9.17) is 4.84 Å². The number of aryl methyl sites for hydroxylation is 3. The summed E-state index contributed by atoms with van der Waals surface area (Å²) in [5.74, 6) is -1.37. The number of oxime groups is 1. The number of nitrogens with one attached hydrogen (secondary N) is 5. The maximum atomic E-state index is 13.0. The fraction of sp³-hybridized carbons (Fsp3) is 0.407. The topological polar surface area (TPSA) is 187 Å². The molecule has 0 bridgehead atoms. The van der Waals surface area contributed by atoms with Crippen LogP contribution in [0, 0.1) is 20.8 Å². The van der Waals surface area contributed by atoms with Crippen molar-refractivity contribution in [2.75, 3.05) is 25.0 Å². The van der Waals surface area contributed by atoms with Crippen molar-refractivity contribution >= 4 is 44.6 Å². The molecule has 3 aromatic rings. The summed E-state index contributed by atoms with van der Waals surface area (Å²) < 4.78 is 28.3. The smallest absolute Gasteiger partial charge is 0.323 e. The second-order valence-electron chi connectivity index (χ2n) is 10.7. The molecule has 41 heavy (non-hydrogen) atoms. The molecule has 1 saturated heterocycles. The van der Waals surface area contributed by atoms with Gasteiger partial charge in [-0.25, -0.2) is 13.4 Å². The van der Waals surface area contributed by atoms with E-state index in [1.807, 2.05) is 31.2 Å². The maximum Gasteiger partial charge on any atom is 0.323 e. The second-order valence-corrected chi connectivity index (χ2v) is 12.4. The average molecular weight is 584 g/mol. The van der Waals surface area contributed by atoms with Crippen molar-refractivity contribution in [2.45, 2.75) is 56.2 Å². The lowest BCUT2D eigenvalue weighted by Crippen LogP contribution is -2.49. The fourth-order valence-corrected chi connectivity index (χ4v) is 7.13. The number of rotatable bonds is 10. The van der Waals surface area contributed by atoms with Crippen molar-refractivity contribution in [3.63, 3.8) is 0 Å². The summed E-state index contributed by atoms with van der Waals surface area (Å²) in [5.41, 5.74) is 3.13. The monoisotopic (exact) mass is 583 g/mol. The van der Waals surface area contributed by atoms with Gasteiger partial charge in [-0.3, -0.25) is 9.59 Å². The van der Waals surface area contributed by atoms with E-state index >= 15 is 0 Å². The number of aromatic nitrogens is 2. The molecular weight excluding hydrogens is 550 g/mol. The number of aromatic amines is 1. The van der Waals surface area contributed by atoms with Gasteiger partial charge in [0.15, 0.2) is 5.60 Å². The molecule has 2 unspecified atom stereocenters. The number of amides is 1. The summed E-state index contributed by atoms with van der Waals surface area (Å²) in [5, 5.41) is 22.8. The summed E-state index contributed by atoms with van der Waals surface area (Å²) >= 11 is 0.